The highest BCUT2D eigenvalue weighted by molar-refractivity contribution is 7.15. The number of fused-ring (bicyclic) bond motifs is 10. The normalized spacial score (nSPS) is 15.8. The lowest BCUT2D eigenvalue weighted by Crippen LogP contribution is -2.56. The number of allylic oxidation sites excluding steroid dienone is 4. The van der Waals surface area contributed by atoms with Crippen molar-refractivity contribution in [2.45, 2.75) is 135 Å². The molecule has 0 saturated heterocycles. The average molecular weight is 1540 g/mol. The molecule has 5 aromatic heterocycles. The number of ether oxygens (including phenoxy) is 2. The SMILES string of the molecule is CCC1=C(C)C2=C(c3ccc(C#Cc4ccc(C#C[B-]5(C#Cc6ccc(C#Cc7ccc(C8=C9C(C)=C(CC)C(C)=[N+]9[B-](F)(F)n9c(C)c(CC)c(C)c98)cc7)cc6)n6c(c7ccc(OC)cc7c6-c6ccc(CC)s6)C=C6c7ccc(OC)cc7C(c7ccc(CC)s7)=[N+]65)cc4)cc3)c3c(C)c(CC)c(C)n3[B-](F)(F)[N+]2=C1C. The Labute approximate surface area is 674 Å². The maximum atomic E-state index is 17.1. The fourth-order valence-corrected chi connectivity index (χ4v) is 21.3. The first kappa shape index (κ1) is 75.0. The molecule has 6 aliphatic heterocycles. The fraction of sp³-hybridized carbons (Fsp3) is 0.227. The number of rotatable bonds is 12. The van der Waals surface area contributed by atoms with E-state index in [4.69, 9.17) is 9.47 Å². The van der Waals surface area contributed by atoms with Gasteiger partial charge in [0.15, 0.2) is 22.8 Å². The third-order valence-electron chi connectivity index (χ3n) is 24.7. The van der Waals surface area contributed by atoms with Gasteiger partial charge in [0.1, 0.15) is 22.9 Å². The molecule has 0 aliphatic carbocycles. The van der Waals surface area contributed by atoms with Gasteiger partial charge in [-0.2, -0.15) is 11.6 Å². The zero-order chi connectivity index (χ0) is 79.9. The Morgan fingerprint density at radius 3 is 1.24 bits per heavy atom. The van der Waals surface area contributed by atoms with Gasteiger partial charge in [-0.1, -0.05) is 89.5 Å². The van der Waals surface area contributed by atoms with Crippen molar-refractivity contribution in [2.24, 2.45) is 0 Å². The Kier molecular flexibility index (Phi) is 18.7. The minimum atomic E-state index is -4.15. The number of thiophene rings is 2. The Hall–Kier alpha value is -11.7. The largest absolute Gasteiger partial charge is 0.737 e. The molecule has 11 aromatic rings. The minimum Gasteiger partial charge on any atom is -0.497 e. The van der Waals surface area contributed by atoms with Crippen LogP contribution in [-0.4, -0.2) is 78.6 Å². The standard InChI is InChI=1S/C97H87B3F4N6O2S2/c1-17-76-45-49-88(113-76)96-84-55-74(111-15)43-47-82(84)86-57-87-83-48-44-75(112-16)56-85(83)97(89-50-46-77(18-2)114-89)110(87)98(109(86)96,53-51-70-31-27-66(28-32-70)23-25-68-35-39-72(40-36-68)90-92-58(7)78(19-3)62(11)105(92)99(101,102)106-63(12)79(20-4)59(8)93(90)106)54-52-71-33-29-67(30-34-71)24-26-69-37-41-73(42-38-69)91-94-60(9)80(21-5)64(13)107(94)100(103,104)108-65(14)81(22-6)61(10)95(91)108/h27-50,55-57H,17-22H2,1-16H3. The van der Waals surface area contributed by atoms with Crippen LogP contribution in [0, 0.1) is 74.9 Å². The highest BCUT2D eigenvalue weighted by Gasteiger charge is 2.59. The Morgan fingerprint density at radius 1 is 0.404 bits per heavy atom. The van der Waals surface area contributed by atoms with Crippen molar-refractivity contribution in [1.82, 2.24) is 13.4 Å². The second kappa shape index (κ2) is 28.4. The predicted octanol–water partition coefficient (Wildman–Crippen LogP) is 21.6. The molecule has 0 unspecified atom stereocenters. The molecule has 0 saturated carbocycles. The van der Waals surface area contributed by atoms with Gasteiger partial charge in [-0.15, -0.1) is 34.5 Å². The van der Waals surface area contributed by atoms with Crippen LogP contribution in [0.15, 0.2) is 191 Å². The summed E-state index contributed by atoms with van der Waals surface area (Å²) in [4.78, 5) is 4.65. The Morgan fingerprint density at radius 2 is 0.816 bits per heavy atom. The molecule has 114 heavy (non-hydrogen) atoms. The second-order valence-corrected chi connectivity index (χ2v) is 32.8. The van der Waals surface area contributed by atoms with Crippen molar-refractivity contribution in [3.63, 3.8) is 0 Å². The zero-order valence-corrected chi connectivity index (χ0v) is 69.0. The van der Waals surface area contributed by atoms with E-state index in [1.165, 1.54) is 27.7 Å². The van der Waals surface area contributed by atoms with Crippen molar-refractivity contribution < 1.29 is 40.2 Å². The smallest absolute Gasteiger partial charge is 0.497 e. The number of nitrogens with zero attached hydrogens (tertiary/aromatic N) is 6. The molecular formula is C97H87B3F4N6O2S2. The van der Waals surface area contributed by atoms with Gasteiger partial charge in [0, 0.05) is 124 Å². The summed E-state index contributed by atoms with van der Waals surface area (Å²) in [6.07, 6.45) is 4.06. The quantitative estimate of drug-likeness (QED) is 0.0695. The van der Waals surface area contributed by atoms with Crippen LogP contribution in [0.1, 0.15) is 203 Å². The monoisotopic (exact) mass is 1540 g/mol. The fourth-order valence-electron chi connectivity index (χ4n) is 19.3. The van der Waals surface area contributed by atoms with Gasteiger partial charge >= 0.3 is 20.4 Å². The summed E-state index contributed by atoms with van der Waals surface area (Å²) in [5.74, 6) is 31.0. The molecule has 0 N–H and O–H groups in total. The molecule has 566 valence electrons. The van der Waals surface area contributed by atoms with Gasteiger partial charge in [0.05, 0.1) is 41.4 Å². The van der Waals surface area contributed by atoms with Gasteiger partial charge in [-0.3, -0.25) is 0 Å². The molecule has 17 rings (SSSR count). The number of aromatic nitrogens is 3. The van der Waals surface area contributed by atoms with E-state index in [1.807, 2.05) is 192 Å². The predicted molar refractivity (Wildman–Crippen MR) is 465 cm³/mol. The number of halogens is 4. The van der Waals surface area contributed by atoms with Crippen molar-refractivity contribution in [3.8, 4) is 69.2 Å². The van der Waals surface area contributed by atoms with Gasteiger partial charge in [0.2, 0.25) is 0 Å². The maximum Gasteiger partial charge on any atom is 0.737 e. The van der Waals surface area contributed by atoms with E-state index >= 15 is 17.3 Å². The summed E-state index contributed by atoms with van der Waals surface area (Å²) in [6.45, 7) is 19.6. The van der Waals surface area contributed by atoms with Crippen molar-refractivity contribution in [1.29, 1.82) is 0 Å². The zero-order valence-electron chi connectivity index (χ0n) is 67.4. The summed E-state index contributed by atoms with van der Waals surface area (Å²) in [6, 6.07) is 53.9. The van der Waals surface area contributed by atoms with E-state index in [0.29, 0.717) is 71.3 Å². The molecule has 6 aliphatic rings. The van der Waals surface area contributed by atoms with Crippen LogP contribution in [0.4, 0.5) is 17.3 Å². The number of benzene rings is 6. The van der Waals surface area contributed by atoms with E-state index in [-0.39, 0.29) is 0 Å². The van der Waals surface area contributed by atoms with Crippen LogP contribution in [0.5, 0.6) is 11.5 Å². The molecule has 0 radical (unpaired) electrons. The first-order valence-electron chi connectivity index (χ1n) is 39.7. The molecule has 8 nitrogen and oxygen atoms in total. The van der Waals surface area contributed by atoms with E-state index in [2.05, 4.69) is 125 Å². The van der Waals surface area contributed by atoms with E-state index in [0.717, 1.165) is 179 Å². The van der Waals surface area contributed by atoms with Crippen LogP contribution in [-0.2, 0) is 25.7 Å². The van der Waals surface area contributed by atoms with Crippen molar-refractivity contribution in [3.05, 3.63) is 312 Å². The lowest BCUT2D eigenvalue weighted by molar-refractivity contribution is -0.364. The minimum absolute atomic E-state index is 0.590. The molecule has 0 fully saturated rings. The second-order valence-electron chi connectivity index (χ2n) is 30.5. The van der Waals surface area contributed by atoms with Crippen LogP contribution >= 0.6 is 22.7 Å². The first-order valence-corrected chi connectivity index (χ1v) is 41.4. The third-order valence-corrected chi connectivity index (χ3v) is 27.1. The van der Waals surface area contributed by atoms with E-state index in [1.54, 1.807) is 36.9 Å². The number of hydrogen-bond acceptors (Lipinski definition) is 4. The lowest BCUT2D eigenvalue weighted by Gasteiger charge is -2.36. The summed E-state index contributed by atoms with van der Waals surface area (Å²) in [7, 11) is 3.43. The van der Waals surface area contributed by atoms with Crippen LogP contribution in [0.25, 0.3) is 44.3 Å². The van der Waals surface area contributed by atoms with Crippen LogP contribution in [0.2, 0.25) is 0 Å². The molecule has 11 heterocycles. The number of aryl methyl sites for hydroxylation is 2. The molecule has 0 spiro atoms. The molecule has 0 bridgehead atoms. The highest BCUT2D eigenvalue weighted by Crippen LogP contribution is 2.52. The summed E-state index contributed by atoms with van der Waals surface area (Å²) >= 11 is 3.55. The third kappa shape index (κ3) is 11.4. The maximum absolute atomic E-state index is 17.1. The molecule has 0 amide bonds. The van der Waals surface area contributed by atoms with Gasteiger partial charge < -0.3 is 53.6 Å². The van der Waals surface area contributed by atoms with E-state index in [9.17, 15) is 0 Å². The van der Waals surface area contributed by atoms with Gasteiger partial charge in [-0.05, 0) is 258 Å². The van der Waals surface area contributed by atoms with Gasteiger partial charge in [-0.25, -0.2) is 0 Å². The lowest BCUT2D eigenvalue weighted by atomic mass is 9.45. The first-order chi connectivity index (χ1) is 55.0. The molecular weight excluding hydrogens is 1450 g/mol. The molecule has 0 atom stereocenters. The summed E-state index contributed by atoms with van der Waals surface area (Å²) in [5.41, 5.74) is 26.3. The topological polar surface area (TPSA) is 42.3 Å². The number of hydrogen-bond donors (Lipinski definition) is 0. The average Bonchev–Trinajstić information content (AvgIpc) is 1.53. The molecule has 6 aromatic carbocycles. The van der Waals surface area contributed by atoms with Crippen molar-refractivity contribution in [2.75, 3.05) is 14.2 Å². The van der Waals surface area contributed by atoms with E-state index < -0.39 is 20.4 Å². The van der Waals surface area contributed by atoms with Crippen molar-refractivity contribution >= 4 is 93.9 Å². The number of methoxy groups -OCH3 is 2. The van der Waals surface area contributed by atoms with Crippen LogP contribution < -0.4 is 9.47 Å². The Bertz CT molecular complexity index is 6340. The Balaban J connectivity index is 0.789. The van der Waals surface area contributed by atoms with Crippen LogP contribution in [0.3, 0.4) is 0 Å². The summed E-state index contributed by atoms with van der Waals surface area (Å²) < 4.78 is 90.9. The molecule has 17 heteroatoms. The van der Waals surface area contributed by atoms with Gasteiger partial charge in [0.25, 0.3) is 0 Å². The highest BCUT2D eigenvalue weighted by atomic mass is 32.1. The summed E-state index contributed by atoms with van der Waals surface area (Å²) in [5, 5.41) is 2.05.